The molecule has 17 heavy (non-hydrogen) atoms. The van der Waals surface area contributed by atoms with Gasteiger partial charge in [0.25, 0.3) is 0 Å². The second-order valence-corrected chi connectivity index (χ2v) is 5.26. The zero-order valence-corrected chi connectivity index (χ0v) is 9.39. The first-order chi connectivity index (χ1) is 8.43. The van der Waals surface area contributed by atoms with E-state index < -0.39 is 0 Å². The van der Waals surface area contributed by atoms with Gasteiger partial charge in [-0.15, -0.1) is 0 Å². The largest absolute Gasteiger partial charge is 0.360 e. The monoisotopic (exact) mass is 220 g/mol. The quantitative estimate of drug-likeness (QED) is 0.612. The fourth-order valence-electron chi connectivity index (χ4n) is 3.67. The molecule has 1 heteroatoms. The van der Waals surface area contributed by atoms with Crippen LogP contribution in [0.2, 0.25) is 0 Å². The average Bonchev–Trinajstić information content (AvgIpc) is 3.17. The fraction of sp³-hybridized carbons (Fsp3) is 0.250. The van der Waals surface area contributed by atoms with Crippen molar-refractivity contribution in [2.24, 2.45) is 0 Å². The van der Waals surface area contributed by atoms with Crippen LogP contribution >= 0.6 is 0 Å². The summed E-state index contributed by atoms with van der Waals surface area (Å²) < 4.78 is 5.88. The normalized spacial score (nSPS) is 34.5. The highest BCUT2D eigenvalue weighted by Gasteiger charge is 2.52. The van der Waals surface area contributed by atoms with Gasteiger partial charge in [-0.25, -0.2) is 0 Å². The van der Waals surface area contributed by atoms with E-state index in [1.807, 2.05) is 0 Å². The van der Waals surface area contributed by atoms with Gasteiger partial charge in [0.2, 0.25) is 0 Å². The van der Waals surface area contributed by atoms with E-state index in [1.165, 1.54) is 22.3 Å². The minimum Gasteiger partial charge on any atom is -0.360 e. The van der Waals surface area contributed by atoms with Gasteiger partial charge in [0, 0.05) is 5.92 Å². The molecular weight excluding hydrogens is 208 g/mol. The lowest BCUT2D eigenvalue weighted by Gasteiger charge is -2.33. The first-order valence-corrected chi connectivity index (χ1v) is 6.29. The van der Waals surface area contributed by atoms with E-state index >= 15 is 0 Å². The molecule has 1 heterocycles. The predicted molar refractivity (Wildman–Crippen MR) is 65.8 cm³/mol. The van der Waals surface area contributed by atoms with Gasteiger partial charge in [-0.1, -0.05) is 42.5 Å². The van der Waals surface area contributed by atoms with Crippen LogP contribution in [-0.4, -0.2) is 6.10 Å². The molecule has 0 spiro atoms. The molecule has 1 saturated heterocycles. The van der Waals surface area contributed by atoms with Gasteiger partial charge in [0.15, 0.2) is 0 Å². The summed E-state index contributed by atoms with van der Waals surface area (Å²) >= 11 is 0. The van der Waals surface area contributed by atoms with Crippen LogP contribution in [0.3, 0.4) is 0 Å². The highest BCUT2D eigenvalue weighted by molar-refractivity contribution is 5.62. The Hall–Kier alpha value is -1.60. The topological polar surface area (TPSA) is 12.5 Å². The first kappa shape index (κ1) is 8.48. The van der Waals surface area contributed by atoms with Gasteiger partial charge in [0.1, 0.15) is 12.2 Å². The summed E-state index contributed by atoms with van der Waals surface area (Å²) in [7, 11) is 0. The molecule has 1 aliphatic heterocycles. The van der Waals surface area contributed by atoms with Crippen LogP contribution in [0.15, 0.2) is 53.6 Å². The molecule has 0 N–H and O–H groups in total. The van der Waals surface area contributed by atoms with Crippen LogP contribution < -0.4 is 0 Å². The Balaban J connectivity index is 1.89. The summed E-state index contributed by atoms with van der Waals surface area (Å²) in [6.07, 6.45) is 10.9. The van der Waals surface area contributed by atoms with Crippen molar-refractivity contribution in [2.45, 2.75) is 24.5 Å². The predicted octanol–water partition coefficient (Wildman–Crippen LogP) is 3.20. The molecule has 82 valence electrons. The summed E-state index contributed by atoms with van der Waals surface area (Å²) in [4.78, 5) is 0. The van der Waals surface area contributed by atoms with Crippen LogP contribution in [0.1, 0.15) is 28.7 Å². The summed E-state index contributed by atoms with van der Waals surface area (Å²) in [5, 5.41) is 0. The first-order valence-electron chi connectivity index (χ1n) is 6.29. The van der Waals surface area contributed by atoms with Crippen molar-refractivity contribution in [3.63, 3.8) is 0 Å². The smallest absolute Gasteiger partial charge is 0.114 e. The molecule has 1 nitrogen and oxygen atoms in total. The molecule has 1 aromatic carbocycles. The van der Waals surface area contributed by atoms with Crippen molar-refractivity contribution in [2.75, 3.05) is 0 Å². The van der Waals surface area contributed by atoms with E-state index in [0.717, 1.165) is 6.42 Å². The molecule has 3 unspecified atom stereocenters. The zero-order chi connectivity index (χ0) is 11.0. The number of hydrogen-bond donors (Lipinski definition) is 0. The van der Waals surface area contributed by atoms with E-state index in [2.05, 4.69) is 42.5 Å². The minimum absolute atomic E-state index is 0.346. The number of rotatable bonds is 0. The molecule has 0 saturated carbocycles. The van der Waals surface area contributed by atoms with Crippen LogP contribution in [-0.2, 0) is 11.2 Å². The van der Waals surface area contributed by atoms with Crippen molar-refractivity contribution in [1.82, 2.24) is 0 Å². The molecule has 3 atom stereocenters. The van der Waals surface area contributed by atoms with E-state index in [4.69, 9.17) is 4.74 Å². The Kier molecular flexibility index (Phi) is 1.31. The Morgan fingerprint density at radius 3 is 3.18 bits per heavy atom. The van der Waals surface area contributed by atoms with Crippen LogP contribution in [0.25, 0.3) is 0 Å². The van der Waals surface area contributed by atoms with Crippen molar-refractivity contribution < 1.29 is 4.74 Å². The maximum absolute atomic E-state index is 5.88. The van der Waals surface area contributed by atoms with E-state index in [9.17, 15) is 0 Å². The molecule has 0 amide bonds. The van der Waals surface area contributed by atoms with Crippen molar-refractivity contribution in [1.29, 1.82) is 0 Å². The molecule has 1 fully saturated rings. The van der Waals surface area contributed by atoms with Crippen molar-refractivity contribution >= 4 is 0 Å². The highest BCUT2D eigenvalue weighted by Crippen LogP contribution is 2.58. The molecule has 0 bridgehead atoms. The summed E-state index contributed by atoms with van der Waals surface area (Å²) in [6.45, 7) is 0. The third kappa shape index (κ3) is 0.907. The molecule has 0 radical (unpaired) electrons. The number of hydrogen-bond acceptors (Lipinski definition) is 1. The molecule has 1 aromatic rings. The maximum Gasteiger partial charge on any atom is 0.114 e. The number of benzene rings is 1. The lowest BCUT2D eigenvalue weighted by molar-refractivity contribution is 0.391. The van der Waals surface area contributed by atoms with Gasteiger partial charge >= 0.3 is 0 Å². The molecular formula is C16H12O. The lowest BCUT2D eigenvalue weighted by Crippen LogP contribution is -2.22. The number of allylic oxidation sites excluding steroid dienone is 5. The highest BCUT2D eigenvalue weighted by atomic mass is 16.6. The maximum atomic E-state index is 5.88. The van der Waals surface area contributed by atoms with Gasteiger partial charge in [-0.2, -0.15) is 0 Å². The average molecular weight is 220 g/mol. The van der Waals surface area contributed by atoms with Gasteiger partial charge in [-0.3, -0.25) is 0 Å². The third-order valence-electron chi connectivity index (χ3n) is 4.45. The molecule has 3 aliphatic carbocycles. The summed E-state index contributed by atoms with van der Waals surface area (Å²) in [5.74, 6) is 0.490. The van der Waals surface area contributed by atoms with Crippen LogP contribution in [0, 0.1) is 0 Å². The second-order valence-electron chi connectivity index (χ2n) is 5.26. The van der Waals surface area contributed by atoms with E-state index in [-0.39, 0.29) is 0 Å². The third-order valence-corrected chi connectivity index (χ3v) is 4.45. The Morgan fingerprint density at radius 2 is 2.18 bits per heavy atom. The molecule has 4 aliphatic rings. The van der Waals surface area contributed by atoms with Gasteiger partial charge < -0.3 is 4.74 Å². The zero-order valence-electron chi connectivity index (χ0n) is 9.39. The number of fused-ring (bicyclic) bond motifs is 3. The standard InChI is InChI=1S/C16H12O/c1-3-9-7-8-10-4-2-6-12-14(10)13(9)11(5-1)15-16(12)17-15/h1-7,13,15-16H,8H2. The van der Waals surface area contributed by atoms with Crippen molar-refractivity contribution in [3.05, 3.63) is 70.3 Å². The van der Waals surface area contributed by atoms with Crippen molar-refractivity contribution in [3.8, 4) is 0 Å². The Morgan fingerprint density at radius 1 is 1.18 bits per heavy atom. The minimum atomic E-state index is 0.346. The Bertz CT molecular complexity index is 633. The van der Waals surface area contributed by atoms with Crippen LogP contribution in [0.4, 0.5) is 0 Å². The fourth-order valence-corrected chi connectivity index (χ4v) is 3.67. The van der Waals surface area contributed by atoms with Gasteiger partial charge in [-0.05, 0) is 34.3 Å². The summed E-state index contributed by atoms with van der Waals surface area (Å²) in [6, 6.07) is 6.70. The van der Waals surface area contributed by atoms with E-state index in [0.29, 0.717) is 18.1 Å². The van der Waals surface area contributed by atoms with Gasteiger partial charge in [0.05, 0.1) is 0 Å². The van der Waals surface area contributed by atoms with Crippen LogP contribution in [0.5, 0.6) is 0 Å². The number of ether oxygens (including phenoxy) is 1. The Labute approximate surface area is 100 Å². The second kappa shape index (κ2) is 2.62. The molecule has 0 aromatic heterocycles. The lowest BCUT2D eigenvalue weighted by atomic mass is 9.69. The molecule has 5 rings (SSSR count). The SMILES string of the molecule is C1=CC2=CCc3cccc4c3C2C(=C1)C1OC41. The number of epoxide rings is 1. The van der Waals surface area contributed by atoms with E-state index in [1.54, 1.807) is 5.56 Å². The summed E-state index contributed by atoms with van der Waals surface area (Å²) in [5.41, 5.74) is 7.42.